The fourth-order valence-corrected chi connectivity index (χ4v) is 3.01. The van der Waals surface area contributed by atoms with E-state index in [0.717, 1.165) is 25.4 Å². The highest BCUT2D eigenvalue weighted by Crippen LogP contribution is 2.28. The van der Waals surface area contributed by atoms with Gasteiger partial charge in [0.1, 0.15) is 0 Å². The maximum atomic E-state index is 5.76. The molecule has 1 fully saturated rings. The van der Waals surface area contributed by atoms with E-state index in [1.165, 1.54) is 0 Å². The molecule has 0 spiro atoms. The van der Waals surface area contributed by atoms with E-state index in [1.54, 1.807) is 0 Å². The van der Waals surface area contributed by atoms with Crippen molar-refractivity contribution in [2.75, 3.05) is 25.4 Å². The summed E-state index contributed by atoms with van der Waals surface area (Å²) in [6, 6.07) is 0. The van der Waals surface area contributed by atoms with E-state index in [1.807, 2.05) is 0 Å². The molecule has 1 aliphatic heterocycles. The highest BCUT2D eigenvalue weighted by Gasteiger charge is 2.29. The molecule has 2 nitrogen and oxygen atoms in total. The Kier molecular flexibility index (Phi) is 5.14. The molecule has 16 heavy (non-hydrogen) atoms. The van der Waals surface area contributed by atoms with Crippen LogP contribution >= 0.6 is 12.6 Å². The van der Waals surface area contributed by atoms with Gasteiger partial charge in [0.25, 0.3) is 0 Å². The van der Waals surface area contributed by atoms with Crippen molar-refractivity contribution in [2.45, 2.75) is 46.8 Å². The number of rotatable bonds is 3. The molecule has 0 saturated carbocycles. The fourth-order valence-electron chi connectivity index (χ4n) is 2.35. The summed E-state index contributed by atoms with van der Waals surface area (Å²) < 4.78 is 5.76. The van der Waals surface area contributed by atoms with Gasteiger partial charge in [-0.3, -0.25) is 4.90 Å². The third kappa shape index (κ3) is 4.27. The van der Waals surface area contributed by atoms with Gasteiger partial charge < -0.3 is 4.74 Å². The van der Waals surface area contributed by atoms with Crippen molar-refractivity contribution in [1.82, 2.24) is 4.90 Å². The first-order chi connectivity index (χ1) is 7.32. The second-order valence-electron chi connectivity index (χ2n) is 6.22. The zero-order valence-corrected chi connectivity index (χ0v) is 12.3. The Hall–Kier alpha value is 0.270. The van der Waals surface area contributed by atoms with Crippen LogP contribution in [0.1, 0.15) is 34.6 Å². The van der Waals surface area contributed by atoms with Crippen molar-refractivity contribution >= 4 is 12.6 Å². The lowest BCUT2D eigenvalue weighted by atomic mass is 9.81. The number of thiol groups is 1. The third-order valence-corrected chi connectivity index (χ3v) is 3.86. The van der Waals surface area contributed by atoms with E-state index in [0.29, 0.717) is 23.5 Å². The van der Waals surface area contributed by atoms with Crippen molar-refractivity contribution in [2.24, 2.45) is 11.3 Å². The minimum atomic E-state index is 0.340. The predicted octanol–water partition coefficient (Wildman–Crippen LogP) is 2.69. The lowest BCUT2D eigenvalue weighted by Crippen LogP contribution is -2.48. The lowest BCUT2D eigenvalue weighted by Gasteiger charge is -2.40. The second kappa shape index (κ2) is 5.74. The Morgan fingerprint density at radius 2 is 1.75 bits per heavy atom. The SMILES string of the molecule is C[C@@H]1CN(CC(CS)C(C)(C)C)C[C@H](C)O1. The zero-order chi connectivity index (χ0) is 12.3. The Balaban J connectivity index is 2.51. The fraction of sp³-hybridized carbons (Fsp3) is 1.00. The van der Waals surface area contributed by atoms with Crippen LogP contribution in [0.4, 0.5) is 0 Å². The van der Waals surface area contributed by atoms with Gasteiger partial charge in [-0.25, -0.2) is 0 Å². The summed E-state index contributed by atoms with van der Waals surface area (Å²) in [6.45, 7) is 14.5. The van der Waals surface area contributed by atoms with E-state index in [2.05, 4.69) is 52.1 Å². The summed E-state index contributed by atoms with van der Waals surface area (Å²) in [5, 5.41) is 0. The molecule has 1 rings (SSSR count). The zero-order valence-electron chi connectivity index (χ0n) is 11.4. The van der Waals surface area contributed by atoms with Crippen LogP contribution in [0.2, 0.25) is 0 Å². The molecule has 0 aromatic heterocycles. The molecule has 0 aromatic rings. The topological polar surface area (TPSA) is 12.5 Å². The van der Waals surface area contributed by atoms with Gasteiger partial charge in [-0.05, 0) is 30.9 Å². The monoisotopic (exact) mass is 245 g/mol. The molecule has 0 radical (unpaired) electrons. The summed E-state index contributed by atoms with van der Waals surface area (Å²) in [7, 11) is 0. The summed E-state index contributed by atoms with van der Waals surface area (Å²) in [6.07, 6.45) is 0.730. The third-order valence-electron chi connectivity index (χ3n) is 3.42. The van der Waals surface area contributed by atoms with Crippen LogP contribution in [0.25, 0.3) is 0 Å². The van der Waals surface area contributed by atoms with Crippen LogP contribution in [0.15, 0.2) is 0 Å². The van der Waals surface area contributed by atoms with E-state index < -0.39 is 0 Å². The molecule has 3 atom stereocenters. The first-order valence-corrected chi connectivity index (χ1v) is 6.95. The Labute approximate surface area is 106 Å². The first kappa shape index (κ1) is 14.3. The Morgan fingerprint density at radius 3 is 2.12 bits per heavy atom. The van der Waals surface area contributed by atoms with Crippen LogP contribution in [0.3, 0.4) is 0 Å². The van der Waals surface area contributed by atoms with Crippen LogP contribution in [0.5, 0.6) is 0 Å². The van der Waals surface area contributed by atoms with Crippen molar-refractivity contribution in [3.05, 3.63) is 0 Å². The number of hydrogen-bond acceptors (Lipinski definition) is 3. The van der Waals surface area contributed by atoms with Gasteiger partial charge in [-0.2, -0.15) is 12.6 Å². The normalized spacial score (nSPS) is 30.4. The molecule has 0 aliphatic carbocycles. The number of morpholine rings is 1. The van der Waals surface area contributed by atoms with Crippen molar-refractivity contribution in [1.29, 1.82) is 0 Å². The Bertz CT molecular complexity index is 204. The molecule has 3 heteroatoms. The minimum absolute atomic E-state index is 0.340. The standard InChI is InChI=1S/C13H27NOS/c1-10-6-14(7-11(2)15-10)8-12(9-16)13(3,4)5/h10-12,16H,6-9H2,1-5H3/t10-,11+,12?. The molecule has 1 aliphatic rings. The highest BCUT2D eigenvalue weighted by molar-refractivity contribution is 7.80. The van der Waals surface area contributed by atoms with Crippen LogP contribution in [-0.2, 0) is 4.74 Å². The predicted molar refractivity (Wildman–Crippen MR) is 73.2 cm³/mol. The lowest BCUT2D eigenvalue weighted by molar-refractivity contribution is -0.0740. The average Bonchev–Trinajstić information content (AvgIpc) is 2.10. The maximum absolute atomic E-state index is 5.76. The summed E-state index contributed by atoms with van der Waals surface area (Å²) >= 11 is 4.50. The number of nitrogens with zero attached hydrogens (tertiary/aromatic N) is 1. The largest absolute Gasteiger partial charge is 0.373 e. The van der Waals surface area contributed by atoms with Gasteiger partial charge in [0.2, 0.25) is 0 Å². The smallest absolute Gasteiger partial charge is 0.0678 e. The summed E-state index contributed by atoms with van der Waals surface area (Å²) in [5.41, 5.74) is 0.340. The van der Waals surface area contributed by atoms with Gasteiger partial charge in [-0.15, -0.1) is 0 Å². The van der Waals surface area contributed by atoms with Crippen molar-refractivity contribution in [3.8, 4) is 0 Å². The van der Waals surface area contributed by atoms with Crippen LogP contribution in [-0.4, -0.2) is 42.5 Å². The van der Waals surface area contributed by atoms with Crippen LogP contribution < -0.4 is 0 Å². The van der Waals surface area contributed by atoms with E-state index in [9.17, 15) is 0 Å². The molecule has 1 heterocycles. The molecule has 0 N–H and O–H groups in total. The summed E-state index contributed by atoms with van der Waals surface area (Å²) in [4.78, 5) is 2.53. The molecular formula is C13H27NOS. The minimum Gasteiger partial charge on any atom is -0.373 e. The van der Waals surface area contributed by atoms with E-state index >= 15 is 0 Å². The average molecular weight is 245 g/mol. The van der Waals surface area contributed by atoms with Gasteiger partial charge >= 0.3 is 0 Å². The molecule has 1 saturated heterocycles. The van der Waals surface area contributed by atoms with Gasteiger partial charge in [0.15, 0.2) is 0 Å². The first-order valence-electron chi connectivity index (χ1n) is 6.31. The van der Waals surface area contributed by atoms with E-state index in [4.69, 9.17) is 4.74 Å². The van der Waals surface area contributed by atoms with Crippen molar-refractivity contribution < 1.29 is 4.74 Å². The number of hydrogen-bond donors (Lipinski definition) is 1. The molecule has 0 bridgehead atoms. The quantitative estimate of drug-likeness (QED) is 0.768. The molecule has 1 unspecified atom stereocenters. The van der Waals surface area contributed by atoms with Gasteiger partial charge in [0.05, 0.1) is 12.2 Å². The number of ether oxygens (including phenoxy) is 1. The second-order valence-corrected chi connectivity index (χ2v) is 6.59. The van der Waals surface area contributed by atoms with Crippen molar-refractivity contribution in [3.63, 3.8) is 0 Å². The van der Waals surface area contributed by atoms with Crippen LogP contribution in [0, 0.1) is 11.3 Å². The van der Waals surface area contributed by atoms with Gasteiger partial charge in [-0.1, -0.05) is 20.8 Å². The van der Waals surface area contributed by atoms with E-state index in [-0.39, 0.29) is 0 Å². The molecule has 0 amide bonds. The van der Waals surface area contributed by atoms with Gasteiger partial charge in [0, 0.05) is 19.6 Å². The molecule has 0 aromatic carbocycles. The molecular weight excluding hydrogens is 218 g/mol. The highest BCUT2D eigenvalue weighted by atomic mass is 32.1. The molecule has 96 valence electrons. The summed E-state index contributed by atoms with van der Waals surface area (Å²) in [5.74, 6) is 1.61. The Morgan fingerprint density at radius 1 is 1.25 bits per heavy atom. The maximum Gasteiger partial charge on any atom is 0.0678 e.